The van der Waals surface area contributed by atoms with Gasteiger partial charge < -0.3 is 5.32 Å². The molecular weight excluding hydrogens is 353 g/mol. The number of benzene rings is 2. The second kappa shape index (κ2) is 7.11. The minimum Gasteiger partial charge on any atom is -0.370 e. The van der Waals surface area contributed by atoms with E-state index in [-0.39, 0.29) is 0 Å². The van der Waals surface area contributed by atoms with E-state index in [1.807, 2.05) is 22.9 Å². The van der Waals surface area contributed by atoms with Crippen LogP contribution in [-0.4, -0.2) is 16.3 Å². The first-order valence-electron chi connectivity index (χ1n) is 8.56. The van der Waals surface area contributed by atoms with Gasteiger partial charge >= 0.3 is 0 Å². The number of aromatic nitrogens is 2. The van der Waals surface area contributed by atoms with Crippen LogP contribution in [0.25, 0.3) is 5.69 Å². The summed E-state index contributed by atoms with van der Waals surface area (Å²) in [6.07, 6.45) is 4.19. The van der Waals surface area contributed by atoms with Crippen molar-refractivity contribution in [2.45, 2.75) is 25.7 Å². The first-order valence-corrected chi connectivity index (χ1v) is 9.32. The third kappa shape index (κ3) is 3.39. The van der Waals surface area contributed by atoms with Gasteiger partial charge in [-0.15, -0.1) is 0 Å². The van der Waals surface area contributed by atoms with Crippen molar-refractivity contribution in [2.75, 3.05) is 11.9 Å². The van der Waals surface area contributed by atoms with Crippen molar-refractivity contribution < 1.29 is 0 Å². The molecule has 0 fully saturated rings. The third-order valence-electron chi connectivity index (χ3n) is 4.57. The van der Waals surface area contributed by atoms with E-state index in [0.29, 0.717) is 10.0 Å². The fourth-order valence-corrected chi connectivity index (χ4v) is 3.82. The van der Waals surface area contributed by atoms with Gasteiger partial charge in [-0.25, -0.2) is 4.68 Å². The van der Waals surface area contributed by atoms with Gasteiger partial charge in [0.05, 0.1) is 16.4 Å². The molecule has 1 aromatic heterocycles. The monoisotopic (exact) mass is 371 g/mol. The standard InChI is InChI=1S/C20H19Cl2N3/c21-15-9-10-19(17(22)13-15)25-20-16(8-4-5-11-23-20)18(24-25)12-14-6-2-1-3-7-14/h1-3,6-7,9-10,13,23H,4-5,8,11-12H2. The lowest BCUT2D eigenvalue weighted by atomic mass is 10.0. The molecule has 1 N–H and O–H groups in total. The van der Waals surface area contributed by atoms with E-state index in [9.17, 15) is 0 Å². The van der Waals surface area contributed by atoms with E-state index in [4.69, 9.17) is 28.3 Å². The Balaban J connectivity index is 1.81. The van der Waals surface area contributed by atoms with Crippen molar-refractivity contribution in [2.24, 2.45) is 0 Å². The fourth-order valence-electron chi connectivity index (χ4n) is 3.33. The van der Waals surface area contributed by atoms with Gasteiger partial charge in [-0.3, -0.25) is 0 Å². The number of hydrogen-bond donors (Lipinski definition) is 1. The number of hydrogen-bond acceptors (Lipinski definition) is 2. The van der Waals surface area contributed by atoms with Crippen molar-refractivity contribution in [3.63, 3.8) is 0 Å². The summed E-state index contributed by atoms with van der Waals surface area (Å²) in [5.74, 6) is 1.06. The third-order valence-corrected chi connectivity index (χ3v) is 5.10. The molecule has 2 heterocycles. The molecule has 3 aromatic rings. The second-order valence-corrected chi connectivity index (χ2v) is 7.17. The van der Waals surface area contributed by atoms with Crippen molar-refractivity contribution >= 4 is 29.0 Å². The zero-order valence-electron chi connectivity index (χ0n) is 13.8. The Bertz CT molecular complexity index is 887. The van der Waals surface area contributed by atoms with Crippen LogP contribution in [0, 0.1) is 0 Å². The number of fused-ring (bicyclic) bond motifs is 1. The molecule has 0 spiro atoms. The zero-order valence-corrected chi connectivity index (χ0v) is 15.3. The Morgan fingerprint density at radius 2 is 1.88 bits per heavy atom. The topological polar surface area (TPSA) is 29.9 Å². The van der Waals surface area contributed by atoms with E-state index in [0.717, 1.165) is 43.0 Å². The average molecular weight is 372 g/mol. The number of rotatable bonds is 3. The molecule has 0 aliphatic carbocycles. The average Bonchev–Trinajstić information content (AvgIpc) is 2.79. The van der Waals surface area contributed by atoms with Crippen LogP contribution in [0.5, 0.6) is 0 Å². The molecule has 0 radical (unpaired) electrons. The Hall–Kier alpha value is -1.97. The largest absolute Gasteiger partial charge is 0.370 e. The van der Waals surface area contributed by atoms with E-state index >= 15 is 0 Å². The molecule has 3 nitrogen and oxygen atoms in total. The van der Waals surface area contributed by atoms with Crippen LogP contribution in [0.4, 0.5) is 5.82 Å². The molecular formula is C20H19Cl2N3. The normalized spacial score (nSPS) is 13.8. The van der Waals surface area contributed by atoms with E-state index in [1.54, 1.807) is 6.07 Å². The zero-order chi connectivity index (χ0) is 17.2. The van der Waals surface area contributed by atoms with Gasteiger partial charge in [0, 0.05) is 23.6 Å². The Labute approximate surface area is 157 Å². The smallest absolute Gasteiger partial charge is 0.133 e. The molecule has 1 aliphatic heterocycles. The molecule has 1 aliphatic rings. The summed E-state index contributed by atoms with van der Waals surface area (Å²) in [7, 11) is 0. The van der Waals surface area contributed by atoms with Crippen LogP contribution < -0.4 is 5.32 Å². The van der Waals surface area contributed by atoms with Crippen LogP contribution >= 0.6 is 23.2 Å². The highest BCUT2D eigenvalue weighted by Crippen LogP contribution is 2.32. The first kappa shape index (κ1) is 16.5. The summed E-state index contributed by atoms with van der Waals surface area (Å²) in [5, 5.41) is 9.70. The lowest BCUT2D eigenvalue weighted by Gasteiger charge is -2.11. The molecule has 4 rings (SSSR count). The van der Waals surface area contributed by atoms with Crippen LogP contribution in [0.2, 0.25) is 10.0 Å². The van der Waals surface area contributed by atoms with Gasteiger partial charge in [-0.05, 0) is 43.0 Å². The summed E-state index contributed by atoms with van der Waals surface area (Å²) in [6, 6.07) is 16.0. The number of halogens is 2. The predicted molar refractivity (Wildman–Crippen MR) is 104 cm³/mol. The molecule has 25 heavy (non-hydrogen) atoms. The van der Waals surface area contributed by atoms with Crippen LogP contribution in [0.3, 0.4) is 0 Å². The Morgan fingerprint density at radius 1 is 1.04 bits per heavy atom. The maximum atomic E-state index is 6.44. The molecule has 128 valence electrons. The minimum atomic E-state index is 0.607. The number of nitrogens with zero attached hydrogens (tertiary/aromatic N) is 2. The highest BCUT2D eigenvalue weighted by molar-refractivity contribution is 6.35. The molecule has 0 amide bonds. The highest BCUT2D eigenvalue weighted by atomic mass is 35.5. The van der Waals surface area contributed by atoms with Crippen LogP contribution in [0.15, 0.2) is 48.5 Å². The molecule has 0 saturated carbocycles. The van der Waals surface area contributed by atoms with Gasteiger partial charge in [-0.1, -0.05) is 53.5 Å². The summed E-state index contributed by atoms with van der Waals surface area (Å²) in [4.78, 5) is 0. The first-order chi connectivity index (χ1) is 12.2. The Morgan fingerprint density at radius 3 is 2.68 bits per heavy atom. The number of anilines is 1. The molecule has 5 heteroatoms. The second-order valence-electron chi connectivity index (χ2n) is 6.33. The highest BCUT2D eigenvalue weighted by Gasteiger charge is 2.21. The molecule has 0 atom stereocenters. The minimum absolute atomic E-state index is 0.607. The van der Waals surface area contributed by atoms with E-state index in [2.05, 4.69) is 29.6 Å². The number of nitrogens with one attached hydrogen (secondary N) is 1. The van der Waals surface area contributed by atoms with Crippen molar-refractivity contribution in [1.29, 1.82) is 0 Å². The van der Waals surface area contributed by atoms with Crippen molar-refractivity contribution in [1.82, 2.24) is 9.78 Å². The van der Waals surface area contributed by atoms with E-state index in [1.165, 1.54) is 17.5 Å². The van der Waals surface area contributed by atoms with Gasteiger partial charge in [-0.2, -0.15) is 5.10 Å². The van der Waals surface area contributed by atoms with Crippen LogP contribution in [0.1, 0.15) is 29.7 Å². The lowest BCUT2D eigenvalue weighted by Crippen LogP contribution is -2.07. The molecule has 0 bridgehead atoms. The Kier molecular flexibility index (Phi) is 4.69. The van der Waals surface area contributed by atoms with E-state index < -0.39 is 0 Å². The van der Waals surface area contributed by atoms with Crippen molar-refractivity contribution in [3.05, 3.63) is 75.4 Å². The van der Waals surface area contributed by atoms with Crippen LogP contribution in [-0.2, 0) is 12.8 Å². The summed E-state index contributed by atoms with van der Waals surface area (Å²) >= 11 is 12.5. The van der Waals surface area contributed by atoms with Gasteiger partial charge in [0.15, 0.2) is 0 Å². The van der Waals surface area contributed by atoms with Gasteiger partial charge in [0.2, 0.25) is 0 Å². The predicted octanol–water partition coefficient (Wildman–Crippen LogP) is 5.52. The van der Waals surface area contributed by atoms with Gasteiger partial charge in [0.1, 0.15) is 5.82 Å². The van der Waals surface area contributed by atoms with Crippen molar-refractivity contribution in [3.8, 4) is 5.69 Å². The summed E-state index contributed by atoms with van der Waals surface area (Å²) in [5.41, 5.74) is 4.53. The molecule has 2 aromatic carbocycles. The SMILES string of the molecule is Clc1ccc(-n2nc(Cc3ccccc3)c3c2NCCCC3)c(Cl)c1. The summed E-state index contributed by atoms with van der Waals surface area (Å²) < 4.78 is 1.94. The maximum absolute atomic E-state index is 6.44. The maximum Gasteiger partial charge on any atom is 0.133 e. The lowest BCUT2D eigenvalue weighted by molar-refractivity contribution is 0.767. The fraction of sp³-hybridized carbons (Fsp3) is 0.250. The van der Waals surface area contributed by atoms with Gasteiger partial charge in [0.25, 0.3) is 0 Å². The molecule has 0 unspecified atom stereocenters. The summed E-state index contributed by atoms with van der Waals surface area (Å²) in [6.45, 7) is 0.953. The molecule has 0 saturated heterocycles. The quantitative estimate of drug-likeness (QED) is 0.656.